The number of halogens is 1. The summed E-state index contributed by atoms with van der Waals surface area (Å²) in [5.41, 5.74) is 3.64. The van der Waals surface area contributed by atoms with Crippen LogP contribution in [0.1, 0.15) is 22.7 Å². The molecule has 1 unspecified atom stereocenters. The van der Waals surface area contributed by atoms with E-state index in [0.717, 1.165) is 43.3 Å². The zero-order valence-electron chi connectivity index (χ0n) is 19.4. The second-order valence-corrected chi connectivity index (χ2v) is 8.99. The molecule has 0 spiro atoms. The van der Waals surface area contributed by atoms with Gasteiger partial charge in [0.15, 0.2) is 0 Å². The van der Waals surface area contributed by atoms with Crippen molar-refractivity contribution in [3.8, 4) is 0 Å². The van der Waals surface area contributed by atoms with E-state index in [9.17, 15) is 4.79 Å². The van der Waals surface area contributed by atoms with Gasteiger partial charge in [0.05, 0.1) is 12.6 Å². The SMILES string of the molecule is O=C(COCCN1CCN(C(c2ccccc2)c2ccc(Cl)cc2)CC1)NCc1ccccc1. The van der Waals surface area contributed by atoms with Crippen LogP contribution in [-0.2, 0) is 16.1 Å². The maximum atomic E-state index is 12.0. The summed E-state index contributed by atoms with van der Waals surface area (Å²) in [4.78, 5) is 17.0. The standard InChI is InChI=1S/C28H32ClN3O2/c29-26-13-11-25(12-14-26)28(24-9-5-2-6-10-24)32-17-15-31(16-18-32)19-20-34-22-27(33)30-21-23-7-3-1-4-8-23/h1-14,28H,15-22H2,(H,30,33). The summed E-state index contributed by atoms with van der Waals surface area (Å²) in [5.74, 6) is -0.0812. The first-order chi connectivity index (χ1) is 16.7. The number of nitrogens with one attached hydrogen (secondary N) is 1. The zero-order valence-corrected chi connectivity index (χ0v) is 20.2. The molecule has 0 aromatic heterocycles. The normalized spacial score (nSPS) is 15.7. The Morgan fingerprint density at radius 1 is 0.853 bits per heavy atom. The van der Waals surface area contributed by atoms with Gasteiger partial charge in [0.1, 0.15) is 6.61 Å². The van der Waals surface area contributed by atoms with Crippen LogP contribution in [0.3, 0.4) is 0 Å². The number of ether oxygens (including phenoxy) is 1. The molecule has 4 rings (SSSR count). The Morgan fingerprint density at radius 3 is 2.15 bits per heavy atom. The molecule has 1 N–H and O–H groups in total. The quantitative estimate of drug-likeness (QED) is 0.440. The maximum absolute atomic E-state index is 12.0. The van der Waals surface area contributed by atoms with E-state index in [1.807, 2.05) is 42.5 Å². The number of piperazine rings is 1. The first-order valence-electron chi connectivity index (χ1n) is 11.8. The average Bonchev–Trinajstić information content (AvgIpc) is 2.89. The van der Waals surface area contributed by atoms with E-state index < -0.39 is 0 Å². The smallest absolute Gasteiger partial charge is 0.246 e. The molecule has 178 valence electrons. The molecule has 1 aliphatic heterocycles. The Balaban J connectivity index is 1.21. The van der Waals surface area contributed by atoms with E-state index >= 15 is 0 Å². The summed E-state index contributed by atoms with van der Waals surface area (Å²) in [6.45, 7) is 5.90. The topological polar surface area (TPSA) is 44.8 Å². The predicted octanol–water partition coefficient (Wildman–Crippen LogP) is 4.38. The third-order valence-electron chi connectivity index (χ3n) is 6.19. The largest absolute Gasteiger partial charge is 0.370 e. The van der Waals surface area contributed by atoms with Gasteiger partial charge in [-0.25, -0.2) is 0 Å². The molecule has 6 heteroatoms. The minimum atomic E-state index is -0.0812. The summed E-state index contributed by atoms with van der Waals surface area (Å²) in [7, 11) is 0. The highest BCUT2D eigenvalue weighted by atomic mass is 35.5. The lowest BCUT2D eigenvalue weighted by atomic mass is 9.96. The van der Waals surface area contributed by atoms with Crippen molar-refractivity contribution in [3.05, 3.63) is 107 Å². The summed E-state index contributed by atoms with van der Waals surface area (Å²) in [6, 6.07) is 28.9. The first-order valence-corrected chi connectivity index (χ1v) is 12.2. The van der Waals surface area contributed by atoms with Crippen molar-refractivity contribution in [1.29, 1.82) is 0 Å². The number of rotatable bonds is 10. The highest BCUT2D eigenvalue weighted by Crippen LogP contribution is 2.30. The number of carbonyl (C=O) groups excluding carboxylic acids is 1. The van der Waals surface area contributed by atoms with Crippen molar-refractivity contribution < 1.29 is 9.53 Å². The molecule has 0 aliphatic carbocycles. The molecule has 1 aliphatic rings. The second-order valence-electron chi connectivity index (χ2n) is 8.56. The van der Waals surface area contributed by atoms with Crippen LogP contribution in [0.2, 0.25) is 5.02 Å². The van der Waals surface area contributed by atoms with Gasteiger partial charge in [-0.15, -0.1) is 0 Å². The molecular formula is C28H32ClN3O2. The Bertz CT molecular complexity index is 1010. The molecule has 1 fully saturated rings. The van der Waals surface area contributed by atoms with Gasteiger partial charge in [-0.2, -0.15) is 0 Å². The van der Waals surface area contributed by atoms with E-state index in [2.05, 4.69) is 57.6 Å². The molecule has 3 aromatic rings. The fourth-order valence-corrected chi connectivity index (χ4v) is 4.47. The highest BCUT2D eigenvalue weighted by molar-refractivity contribution is 6.30. The van der Waals surface area contributed by atoms with Crippen molar-refractivity contribution in [2.75, 3.05) is 45.9 Å². The van der Waals surface area contributed by atoms with Gasteiger partial charge >= 0.3 is 0 Å². The van der Waals surface area contributed by atoms with Crippen LogP contribution in [0.15, 0.2) is 84.9 Å². The maximum Gasteiger partial charge on any atom is 0.246 e. The van der Waals surface area contributed by atoms with Gasteiger partial charge < -0.3 is 10.1 Å². The fraction of sp³-hybridized carbons (Fsp3) is 0.321. The molecule has 0 bridgehead atoms. The van der Waals surface area contributed by atoms with E-state index in [4.69, 9.17) is 16.3 Å². The monoisotopic (exact) mass is 477 g/mol. The van der Waals surface area contributed by atoms with Crippen LogP contribution in [0.25, 0.3) is 0 Å². The summed E-state index contributed by atoms with van der Waals surface area (Å²) < 4.78 is 5.63. The van der Waals surface area contributed by atoms with E-state index in [1.54, 1.807) is 0 Å². The molecule has 1 atom stereocenters. The number of carbonyl (C=O) groups is 1. The molecule has 0 saturated carbocycles. The second kappa shape index (κ2) is 12.7. The number of amides is 1. The van der Waals surface area contributed by atoms with Gasteiger partial charge in [-0.3, -0.25) is 14.6 Å². The molecule has 1 heterocycles. The number of hydrogen-bond acceptors (Lipinski definition) is 4. The molecule has 1 amide bonds. The molecule has 5 nitrogen and oxygen atoms in total. The third kappa shape index (κ3) is 7.15. The molecular weight excluding hydrogens is 446 g/mol. The van der Waals surface area contributed by atoms with E-state index in [1.165, 1.54) is 11.1 Å². The van der Waals surface area contributed by atoms with Crippen LogP contribution in [-0.4, -0.2) is 61.6 Å². The molecule has 34 heavy (non-hydrogen) atoms. The zero-order chi connectivity index (χ0) is 23.6. The van der Waals surface area contributed by atoms with Crippen LogP contribution in [0.5, 0.6) is 0 Å². The number of benzene rings is 3. The van der Waals surface area contributed by atoms with Gasteiger partial charge in [0.2, 0.25) is 5.91 Å². The third-order valence-corrected chi connectivity index (χ3v) is 6.44. The molecule has 1 saturated heterocycles. The van der Waals surface area contributed by atoms with Crippen molar-refractivity contribution in [3.63, 3.8) is 0 Å². The lowest BCUT2D eigenvalue weighted by Crippen LogP contribution is -2.48. The van der Waals surface area contributed by atoms with Crippen molar-refractivity contribution >= 4 is 17.5 Å². The van der Waals surface area contributed by atoms with Gasteiger partial charge in [0, 0.05) is 44.3 Å². The van der Waals surface area contributed by atoms with E-state index in [0.29, 0.717) is 13.2 Å². The van der Waals surface area contributed by atoms with Crippen LogP contribution in [0.4, 0.5) is 0 Å². The summed E-state index contributed by atoms with van der Waals surface area (Å²) in [6.07, 6.45) is 0. The predicted molar refractivity (Wildman–Crippen MR) is 137 cm³/mol. The minimum Gasteiger partial charge on any atom is -0.370 e. The lowest BCUT2D eigenvalue weighted by molar-refractivity contribution is -0.126. The first kappa shape index (κ1) is 24.4. The van der Waals surface area contributed by atoms with Crippen LogP contribution in [0, 0.1) is 0 Å². The number of nitrogens with zero attached hydrogens (tertiary/aromatic N) is 2. The lowest BCUT2D eigenvalue weighted by Gasteiger charge is -2.39. The van der Waals surface area contributed by atoms with Crippen LogP contribution >= 0.6 is 11.6 Å². The summed E-state index contributed by atoms with van der Waals surface area (Å²) >= 11 is 6.14. The van der Waals surface area contributed by atoms with E-state index in [-0.39, 0.29) is 18.6 Å². The van der Waals surface area contributed by atoms with Crippen LogP contribution < -0.4 is 5.32 Å². The fourth-order valence-electron chi connectivity index (χ4n) is 4.35. The Hall–Kier alpha value is -2.70. The Labute approximate surface area is 207 Å². The molecule has 3 aromatic carbocycles. The highest BCUT2D eigenvalue weighted by Gasteiger charge is 2.26. The van der Waals surface area contributed by atoms with Gasteiger partial charge in [-0.1, -0.05) is 84.4 Å². The van der Waals surface area contributed by atoms with Crippen molar-refractivity contribution in [2.45, 2.75) is 12.6 Å². The molecule has 0 radical (unpaired) electrons. The van der Waals surface area contributed by atoms with Gasteiger partial charge in [-0.05, 0) is 28.8 Å². The van der Waals surface area contributed by atoms with Gasteiger partial charge in [0.25, 0.3) is 0 Å². The minimum absolute atomic E-state index is 0.0812. The Kier molecular flexibility index (Phi) is 9.11. The number of hydrogen-bond donors (Lipinski definition) is 1. The van der Waals surface area contributed by atoms with Crippen molar-refractivity contribution in [1.82, 2.24) is 15.1 Å². The Morgan fingerprint density at radius 2 is 1.47 bits per heavy atom. The summed E-state index contributed by atoms with van der Waals surface area (Å²) in [5, 5.41) is 3.66. The average molecular weight is 478 g/mol. The van der Waals surface area contributed by atoms with Crippen molar-refractivity contribution in [2.24, 2.45) is 0 Å².